The maximum atomic E-state index is 12.6. The van der Waals surface area contributed by atoms with Gasteiger partial charge >= 0.3 is 11.9 Å². The average Bonchev–Trinajstić information content (AvgIpc) is 3.15. The van der Waals surface area contributed by atoms with Crippen LogP contribution in [-0.4, -0.2) is 30.8 Å². The first-order valence-electron chi connectivity index (χ1n) is 13.4. The molecule has 188 valence electrons. The van der Waals surface area contributed by atoms with E-state index < -0.39 is 5.60 Å². The molecule has 1 atom stereocenters. The lowest BCUT2D eigenvalue weighted by Crippen LogP contribution is -2.40. The summed E-state index contributed by atoms with van der Waals surface area (Å²) in [4.78, 5) is 25.0. The molecule has 0 aliphatic carbocycles. The zero-order valence-corrected chi connectivity index (χ0v) is 20.7. The Morgan fingerprint density at radius 1 is 0.794 bits per heavy atom. The molecular formula is C29H42O5. The van der Waals surface area contributed by atoms with Crippen LogP contribution in [0.3, 0.4) is 0 Å². The SMILES string of the molecule is O=C1CCCCCCCCCCCCCC/C=C2\CC(COCc3ccccc3)(CO1)OC2=O. The summed E-state index contributed by atoms with van der Waals surface area (Å²) >= 11 is 0. The standard InChI is InChI=1S/C29H42O5/c30-27-20-16-11-9-7-5-3-1-2-4-6-8-10-15-19-26-21-29(24-33-27,34-28(26)31)23-32-22-25-17-13-12-14-18-25/h12-14,17-19H,1-11,15-16,20-24H2/b26-19+. The van der Waals surface area contributed by atoms with Crippen molar-refractivity contribution in [3.05, 3.63) is 47.5 Å². The monoisotopic (exact) mass is 470 g/mol. The fourth-order valence-electron chi connectivity index (χ4n) is 4.75. The average molecular weight is 471 g/mol. The van der Waals surface area contributed by atoms with Gasteiger partial charge in [-0.15, -0.1) is 0 Å². The number of carbonyl (C=O) groups excluding carboxylic acids is 2. The molecule has 2 aliphatic rings. The molecule has 1 fully saturated rings. The minimum atomic E-state index is -0.938. The molecule has 2 heterocycles. The molecule has 1 saturated heterocycles. The van der Waals surface area contributed by atoms with Gasteiger partial charge in [0.05, 0.1) is 13.2 Å². The number of benzene rings is 1. The van der Waals surface area contributed by atoms with E-state index in [0.29, 0.717) is 25.0 Å². The quantitative estimate of drug-likeness (QED) is 0.451. The molecule has 0 aromatic heterocycles. The highest BCUT2D eigenvalue weighted by Gasteiger charge is 2.45. The molecule has 0 spiro atoms. The second-order valence-electron chi connectivity index (χ2n) is 9.90. The van der Waals surface area contributed by atoms with Gasteiger partial charge in [0.2, 0.25) is 0 Å². The summed E-state index contributed by atoms with van der Waals surface area (Å²) in [5, 5.41) is 0. The van der Waals surface area contributed by atoms with E-state index in [0.717, 1.165) is 31.2 Å². The lowest BCUT2D eigenvalue weighted by atomic mass is 9.98. The summed E-state index contributed by atoms with van der Waals surface area (Å²) in [6.45, 7) is 0.676. The third-order valence-corrected chi connectivity index (χ3v) is 6.78. The van der Waals surface area contributed by atoms with Gasteiger partial charge in [-0.2, -0.15) is 0 Å². The second kappa shape index (κ2) is 15.0. The van der Waals surface area contributed by atoms with Gasteiger partial charge in [0.15, 0.2) is 5.60 Å². The molecule has 0 saturated carbocycles. The first-order chi connectivity index (χ1) is 16.7. The molecule has 5 nitrogen and oxygen atoms in total. The molecule has 5 heteroatoms. The van der Waals surface area contributed by atoms with E-state index in [1.54, 1.807) is 0 Å². The molecule has 3 rings (SSSR count). The minimum Gasteiger partial charge on any atom is -0.461 e. The van der Waals surface area contributed by atoms with Gasteiger partial charge in [-0.1, -0.05) is 101 Å². The number of rotatable bonds is 4. The summed E-state index contributed by atoms with van der Waals surface area (Å²) < 4.78 is 17.3. The summed E-state index contributed by atoms with van der Waals surface area (Å²) in [6, 6.07) is 9.90. The summed E-state index contributed by atoms with van der Waals surface area (Å²) in [7, 11) is 0. The minimum absolute atomic E-state index is 0.0453. The summed E-state index contributed by atoms with van der Waals surface area (Å²) in [6.07, 6.45) is 18.2. The lowest BCUT2D eigenvalue weighted by molar-refractivity contribution is -0.169. The van der Waals surface area contributed by atoms with Crippen LogP contribution >= 0.6 is 0 Å². The van der Waals surface area contributed by atoms with Crippen molar-refractivity contribution in [1.82, 2.24) is 0 Å². The van der Waals surface area contributed by atoms with Crippen molar-refractivity contribution in [2.24, 2.45) is 0 Å². The zero-order chi connectivity index (χ0) is 23.9. The number of hydrogen-bond acceptors (Lipinski definition) is 5. The van der Waals surface area contributed by atoms with Gasteiger partial charge in [-0.05, 0) is 24.8 Å². The Bertz CT molecular complexity index is 772. The molecule has 0 amide bonds. The highest BCUT2D eigenvalue weighted by Crippen LogP contribution is 2.33. The second-order valence-corrected chi connectivity index (χ2v) is 9.90. The highest BCUT2D eigenvalue weighted by molar-refractivity contribution is 5.91. The Morgan fingerprint density at radius 2 is 1.41 bits per heavy atom. The van der Waals surface area contributed by atoms with E-state index in [1.807, 2.05) is 36.4 Å². The van der Waals surface area contributed by atoms with Crippen LogP contribution in [0.1, 0.15) is 102 Å². The van der Waals surface area contributed by atoms with Crippen LogP contribution in [0.2, 0.25) is 0 Å². The van der Waals surface area contributed by atoms with Gasteiger partial charge < -0.3 is 14.2 Å². The number of carbonyl (C=O) groups is 2. The van der Waals surface area contributed by atoms with Crippen molar-refractivity contribution in [2.75, 3.05) is 13.2 Å². The molecule has 2 bridgehead atoms. The van der Waals surface area contributed by atoms with Gasteiger partial charge in [0, 0.05) is 18.4 Å². The van der Waals surface area contributed by atoms with E-state index in [1.165, 1.54) is 57.8 Å². The Hall–Kier alpha value is -2.14. The molecule has 0 radical (unpaired) electrons. The first-order valence-corrected chi connectivity index (χ1v) is 13.4. The molecular weight excluding hydrogens is 428 g/mol. The van der Waals surface area contributed by atoms with Crippen LogP contribution in [0.15, 0.2) is 42.0 Å². The molecule has 1 aromatic rings. The van der Waals surface area contributed by atoms with Crippen LogP contribution in [-0.2, 0) is 30.4 Å². The van der Waals surface area contributed by atoms with Crippen LogP contribution in [0.5, 0.6) is 0 Å². The maximum Gasteiger partial charge on any atom is 0.334 e. The van der Waals surface area contributed by atoms with E-state index in [-0.39, 0.29) is 25.2 Å². The van der Waals surface area contributed by atoms with Crippen LogP contribution < -0.4 is 0 Å². The van der Waals surface area contributed by atoms with Crippen molar-refractivity contribution < 1.29 is 23.8 Å². The molecule has 0 N–H and O–H groups in total. The Balaban J connectivity index is 1.59. The molecule has 34 heavy (non-hydrogen) atoms. The van der Waals surface area contributed by atoms with Crippen molar-refractivity contribution in [2.45, 2.75) is 109 Å². The number of ether oxygens (including phenoxy) is 3. The molecule has 1 unspecified atom stereocenters. The fraction of sp³-hybridized carbons (Fsp3) is 0.655. The van der Waals surface area contributed by atoms with Crippen LogP contribution in [0.25, 0.3) is 0 Å². The molecule has 2 aliphatic heterocycles. The number of esters is 2. The van der Waals surface area contributed by atoms with Gasteiger partial charge in [-0.25, -0.2) is 4.79 Å². The summed E-state index contributed by atoms with van der Waals surface area (Å²) in [5.74, 6) is -0.525. The number of hydrogen-bond donors (Lipinski definition) is 0. The topological polar surface area (TPSA) is 61.8 Å². The summed E-state index contributed by atoms with van der Waals surface area (Å²) in [5.41, 5.74) is 0.801. The maximum absolute atomic E-state index is 12.6. The normalized spacial score (nSPS) is 25.9. The van der Waals surface area contributed by atoms with Gasteiger partial charge in [-0.3, -0.25) is 4.79 Å². The van der Waals surface area contributed by atoms with Crippen LogP contribution in [0.4, 0.5) is 0 Å². The largest absolute Gasteiger partial charge is 0.461 e. The predicted molar refractivity (Wildman–Crippen MR) is 133 cm³/mol. The van der Waals surface area contributed by atoms with Crippen LogP contribution in [0, 0.1) is 0 Å². The Kier molecular flexibility index (Phi) is 11.7. The van der Waals surface area contributed by atoms with Crippen molar-refractivity contribution in [3.63, 3.8) is 0 Å². The smallest absolute Gasteiger partial charge is 0.334 e. The van der Waals surface area contributed by atoms with E-state index in [9.17, 15) is 9.59 Å². The predicted octanol–water partition coefficient (Wildman–Crippen LogP) is 6.83. The van der Waals surface area contributed by atoms with E-state index in [2.05, 4.69) is 0 Å². The number of cyclic esters (lactones) is 1. The third-order valence-electron chi connectivity index (χ3n) is 6.78. The van der Waals surface area contributed by atoms with Gasteiger partial charge in [0.1, 0.15) is 6.61 Å². The lowest BCUT2D eigenvalue weighted by Gasteiger charge is -2.26. The molecule has 1 aromatic carbocycles. The third kappa shape index (κ3) is 9.61. The zero-order valence-electron chi connectivity index (χ0n) is 20.7. The van der Waals surface area contributed by atoms with Crippen molar-refractivity contribution in [3.8, 4) is 0 Å². The van der Waals surface area contributed by atoms with Crippen molar-refractivity contribution >= 4 is 11.9 Å². The Morgan fingerprint density at radius 3 is 2.09 bits per heavy atom. The van der Waals surface area contributed by atoms with E-state index >= 15 is 0 Å². The van der Waals surface area contributed by atoms with Gasteiger partial charge in [0.25, 0.3) is 0 Å². The highest BCUT2D eigenvalue weighted by atomic mass is 16.6. The fourth-order valence-corrected chi connectivity index (χ4v) is 4.75. The Labute approximate surface area is 205 Å². The van der Waals surface area contributed by atoms with Crippen molar-refractivity contribution in [1.29, 1.82) is 0 Å². The van der Waals surface area contributed by atoms with E-state index in [4.69, 9.17) is 14.2 Å². The number of allylic oxidation sites excluding steroid dienone is 1. The number of fused-ring (bicyclic) bond motifs is 2. The first kappa shape index (κ1) is 26.5.